The van der Waals surface area contributed by atoms with Crippen molar-refractivity contribution in [3.63, 3.8) is 0 Å². The monoisotopic (exact) mass is 400 g/mol. The number of anilines is 1. The van der Waals surface area contributed by atoms with Crippen molar-refractivity contribution in [3.8, 4) is 17.4 Å². The smallest absolute Gasteiger partial charge is 0.170 e. The second-order valence-electron chi connectivity index (χ2n) is 8.23. The van der Waals surface area contributed by atoms with Gasteiger partial charge >= 0.3 is 0 Å². The number of piperidine rings is 1. The van der Waals surface area contributed by atoms with E-state index in [0.717, 1.165) is 64.8 Å². The standard InChI is InChI=1S/C23H24N6O/c1-13(2)27-22-17(20-9-18(29-30-20)15-4-3-7-25-11-15)12-26-21-16-6-5-14(10-24)8-19(16)28-23(21)22/h5-6,8-9,12-13,15,25,28H,3-4,7,11H2,1-2H3,(H,26,27). The van der Waals surface area contributed by atoms with E-state index >= 15 is 0 Å². The van der Waals surface area contributed by atoms with E-state index in [1.54, 1.807) is 0 Å². The average Bonchev–Trinajstić information content (AvgIpc) is 3.39. The second kappa shape index (κ2) is 7.47. The molecule has 4 aromatic rings. The third kappa shape index (κ3) is 3.19. The first-order chi connectivity index (χ1) is 14.6. The van der Waals surface area contributed by atoms with E-state index in [1.807, 2.05) is 30.5 Å². The van der Waals surface area contributed by atoms with E-state index in [4.69, 9.17) is 9.51 Å². The van der Waals surface area contributed by atoms with Gasteiger partial charge in [-0.15, -0.1) is 0 Å². The van der Waals surface area contributed by atoms with Crippen LogP contribution in [0.25, 0.3) is 33.3 Å². The van der Waals surface area contributed by atoms with Gasteiger partial charge in [0.15, 0.2) is 5.76 Å². The van der Waals surface area contributed by atoms with Crippen LogP contribution in [0.3, 0.4) is 0 Å². The summed E-state index contributed by atoms with van der Waals surface area (Å²) in [6.07, 6.45) is 4.12. The maximum atomic E-state index is 9.23. The zero-order chi connectivity index (χ0) is 20.7. The molecule has 152 valence electrons. The van der Waals surface area contributed by atoms with Crippen molar-refractivity contribution in [3.05, 3.63) is 41.7 Å². The van der Waals surface area contributed by atoms with Crippen molar-refractivity contribution in [2.75, 3.05) is 18.4 Å². The molecule has 30 heavy (non-hydrogen) atoms. The Balaban J connectivity index is 1.65. The SMILES string of the molecule is CC(C)Nc1c(-c2cc(C3CCCNC3)no2)cnc2c1[nH]c1cc(C#N)ccc12. The van der Waals surface area contributed by atoms with Gasteiger partial charge in [-0.3, -0.25) is 4.98 Å². The maximum absolute atomic E-state index is 9.23. The third-order valence-electron chi connectivity index (χ3n) is 5.68. The highest BCUT2D eigenvalue weighted by atomic mass is 16.5. The van der Waals surface area contributed by atoms with Crippen molar-refractivity contribution >= 4 is 27.6 Å². The molecule has 7 nitrogen and oxygen atoms in total. The lowest BCUT2D eigenvalue weighted by molar-refractivity contribution is 0.393. The molecule has 1 aromatic carbocycles. The highest BCUT2D eigenvalue weighted by molar-refractivity contribution is 6.11. The predicted molar refractivity (Wildman–Crippen MR) is 117 cm³/mol. The van der Waals surface area contributed by atoms with Crippen molar-refractivity contribution in [2.24, 2.45) is 0 Å². The van der Waals surface area contributed by atoms with Crippen molar-refractivity contribution in [1.82, 2.24) is 20.4 Å². The number of nitrogens with one attached hydrogen (secondary N) is 3. The molecule has 3 N–H and O–H groups in total. The van der Waals surface area contributed by atoms with Gasteiger partial charge in [-0.05, 0) is 51.4 Å². The first kappa shape index (κ1) is 18.6. The Labute approximate surface area is 174 Å². The minimum Gasteiger partial charge on any atom is -0.380 e. The number of aromatic amines is 1. The zero-order valence-corrected chi connectivity index (χ0v) is 17.1. The topological polar surface area (TPSA) is 103 Å². The van der Waals surface area contributed by atoms with Crippen molar-refractivity contribution < 1.29 is 4.52 Å². The lowest BCUT2D eigenvalue weighted by atomic mass is 9.96. The van der Waals surface area contributed by atoms with Crippen LogP contribution >= 0.6 is 0 Å². The largest absolute Gasteiger partial charge is 0.380 e. The second-order valence-corrected chi connectivity index (χ2v) is 8.23. The number of hydrogen-bond donors (Lipinski definition) is 3. The molecule has 1 fully saturated rings. The van der Waals surface area contributed by atoms with E-state index in [0.29, 0.717) is 17.2 Å². The number of H-pyrrole nitrogens is 1. The molecule has 0 amide bonds. The van der Waals surface area contributed by atoms with Crippen molar-refractivity contribution in [2.45, 2.75) is 38.6 Å². The average molecular weight is 400 g/mol. The van der Waals surface area contributed by atoms with Gasteiger partial charge in [-0.25, -0.2) is 0 Å². The molecule has 1 aliphatic heterocycles. The number of nitrogens with zero attached hydrogens (tertiary/aromatic N) is 3. The molecule has 1 aliphatic rings. The number of pyridine rings is 1. The van der Waals surface area contributed by atoms with Gasteiger partial charge in [-0.1, -0.05) is 5.16 Å². The molecular formula is C23H24N6O. The van der Waals surface area contributed by atoms with E-state index < -0.39 is 0 Å². The molecule has 0 bridgehead atoms. The van der Waals surface area contributed by atoms with Gasteiger partial charge in [-0.2, -0.15) is 5.26 Å². The third-order valence-corrected chi connectivity index (χ3v) is 5.68. The normalized spacial score (nSPS) is 16.9. The Morgan fingerprint density at radius 1 is 1.30 bits per heavy atom. The first-order valence-corrected chi connectivity index (χ1v) is 10.4. The quantitative estimate of drug-likeness (QED) is 0.465. The van der Waals surface area contributed by atoms with Gasteiger partial charge < -0.3 is 20.1 Å². The van der Waals surface area contributed by atoms with E-state index in [1.165, 1.54) is 0 Å². The fraction of sp³-hybridized carbons (Fsp3) is 0.348. The minimum atomic E-state index is 0.223. The Morgan fingerprint density at radius 2 is 2.20 bits per heavy atom. The molecule has 7 heteroatoms. The van der Waals surface area contributed by atoms with Crippen LogP contribution in [-0.2, 0) is 0 Å². The lowest BCUT2D eigenvalue weighted by Gasteiger charge is -2.20. The van der Waals surface area contributed by atoms with Crippen LogP contribution in [0.4, 0.5) is 5.69 Å². The van der Waals surface area contributed by atoms with Crippen LogP contribution < -0.4 is 10.6 Å². The van der Waals surface area contributed by atoms with E-state index in [-0.39, 0.29) is 6.04 Å². The van der Waals surface area contributed by atoms with Crippen LogP contribution in [0.15, 0.2) is 35.0 Å². The number of aromatic nitrogens is 3. The molecule has 5 rings (SSSR count). The van der Waals surface area contributed by atoms with Crippen LogP contribution in [0, 0.1) is 11.3 Å². The summed E-state index contributed by atoms with van der Waals surface area (Å²) in [4.78, 5) is 8.20. The van der Waals surface area contributed by atoms with Gasteiger partial charge in [0.2, 0.25) is 0 Å². The molecule has 0 spiro atoms. The van der Waals surface area contributed by atoms with Gasteiger partial charge in [0, 0.05) is 41.7 Å². The summed E-state index contributed by atoms with van der Waals surface area (Å²) >= 11 is 0. The fourth-order valence-electron chi connectivity index (χ4n) is 4.23. The molecule has 3 aromatic heterocycles. The van der Waals surface area contributed by atoms with Gasteiger partial charge in [0.25, 0.3) is 0 Å². The van der Waals surface area contributed by atoms with Gasteiger partial charge in [0.1, 0.15) is 0 Å². The molecule has 0 saturated carbocycles. The molecule has 1 saturated heterocycles. The molecule has 0 radical (unpaired) electrons. The number of fused-ring (bicyclic) bond motifs is 3. The summed E-state index contributed by atoms with van der Waals surface area (Å²) in [5.41, 5.74) is 6.10. The van der Waals surface area contributed by atoms with E-state index in [9.17, 15) is 5.26 Å². The molecule has 0 aliphatic carbocycles. The summed E-state index contributed by atoms with van der Waals surface area (Å²) in [5, 5.41) is 21.6. The Bertz CT molecular complexity index is 1260. The minimum absolute atomic E-state index is 0.223. The summed E-state index contributed by atoms with van der Waals surface area (Å²) in [6.45, 7) is 6.21. The van der Waals surface area contributed by atoms with Crippen LogP contribution in [0.2, 0.25) is 0 Å². The summed E-state index contributed by atoms with van der Waals surface area (Å²) in [7, 11) is 0. The van der Waals surface area contributed by atoms with E-state index in [2.05, 4.69) is 40.7 Å². The first-order valence-electron chi connectivity index (χ1n) is 10.4. The van der Waals surface area contributed by atoms with Crippen LogP contribution in [0.5, 0.6) is 0 Å². The Morgan fingerprint density at radius 3 is 2.97 bits per heavy atom. The van der Waals surface area contributed by atoms with Crippen LogP contribution in [0.1, 0.15) is 43.9 Å². The highest BCUT2D eigenvalue weighted by Gasteiger charge is 2.22. The summed E-state index contributed by atoms with van der Waals surface area (Å²) in [5.74, 6) is 1.09. The number of hydrogen-bond acceptors (Lipinski definition) is 6. The van der Waals surface area contributed by atoms with Crippen LogP contribution in [-0.4, -0.2) is 34.3 Å². The van der Waals surface area contributed by atoms with Gasteiger partial charge in [0.05, 0.1) is 39.6 Å². The number of benzene rings is 1. The number of rotatable bonds is 4. The maximum Gasteiger partial charge on any atom is 0.170 e. The highest BCUT2D eigenvalue weighted by Crippen LogP contribution is 2.38. The van der Waals surface area contributed by atoms with Crippen molar-refractivity contribution in [1.29, 1.82) is 5.26 Å². The lowest BCUT2D eigenvalue weighted by Crippen LogP contribution is -2.28. The Kier molecular flexibility index (Phi) is 4.64. The Hall–Kier alpha value is -3.37. The molecule has 4 heterocycles. The number of nitriles is 1. The zero-order valence-electron chi connectivity index (χ0n) is 17.1. The summed E-state index contributed by atoms with van der Waals surface area (Å²) in [6, 6.07) is 10.1. The molecular weight excluding hydrogens is 376 g/mol. The molecule has 1 unspecified atom stereocenters. The predicted octanol–water partition coefficient (Wildman–Crippen LogP) is 4.53. The fourth-order valence-corrected chi connectivity index (χ4v) is 4.23. The molecule has 1 atom stereocenters. The summed E-state index contributed by atoms with van der Waals surface area (Å²) < 4.78 is 5.77.